The van der Waals surface area contributed by atoms with Gasteiger partial charge in [-0.2, -0.15) is 0 Å². The van der Waals surface area contributed by atoms with Crippen molar-refractivity contribution in [1.82, 2.24) is 0 Å². The first-order valence-corrected chi connectivity index (χ1v) is 21.6. The van der Waals surface area contributed by atoms with Gasteiger partial charge in [0.25, 0.3) is 0 Å². The zero-order chi connectivity index (χ0) is 41.9. The number of furan rings is 1. The maximum absolute atomic E-state index is 6.25. The Kier molecular flexibility index (Phi) is 8.72. The summed E-state index contributed by atoms with van der Waals surface area (Å²) in [5, 5.41) is 7.21. The van der Waals surface area contributed by atoms with Gasteiger partial charge in [-0.3, -0.25) is 0 Å². The Balaban J connectivity index is 1.18. The molecule has 0 saturated heterocycles. The van der Waals surface area contributed by atoms with E-state index < -0.39 is 0 Å². The number of benzene rings is 10. The molecule has 0 saturated carbocycles. The normalized spacial score (nSPS) is 12.2. The third-order valence-corrected chi connectivity index (χ3v) is 12.8. The topological polar surface area (TPSA) is 13.1 Å². The molecular weight excluding hydrogens is 761 g/mol. The summed E-state index contributed by atoms with van der Waals surface area (Å²) >= 11 is 0. The van der Waals surface area contributed by atoms with E-state index in [1.807, 2.05) is 24.3 Å². The molecule has 0 atom stereocenters. The van der Waals surface area contributed by atoms with Crippen LogP contribution in [-0.4, -0.2) is 0 Å². The van der Waals surface area contributed by atoms with E-state index in [9.17, 15) is 0 Å². The summed E-state index contributed by atoms with van der Waals surface area (Å²) < 4.78 is 6.25. The monoisotopic (exact) mass is 800 g/mol. The molecular formula is C62H40O. The highest BCUT2D eigenvalue weighted by Crippen LogP contribution is 2.59. The van der Waals surface area contributed by atoms with Crippen LogP contribution in [0.25, 0.3) is 116 Å². The third-order valence-electron chi connectivity index (χ3n) is 12.8. The molecule has 11 aromatic rings. The number of fused-ring (bicyclic) bond motifs is 7. The van der Waals surface area contributed by atoms with E-state index >= 15 is 0 Å². The first-order valence-electron chi connectivity index (χ1n) is 21.6. The van der Waals surface area contributed by atoms with Crippen molar-refractivity contribution in [1.29, 1.82) is 0 Å². The van der Waals surface area contributed by atoms with Crippen molar-refractivity contribution in [2.45, 2.75) is 0 Å². The van der Waals surface area contributed by atoms with Gasteiger partial charge in [0.2, 0.25) is 0 Å². The van der Waals surface area contributed by atoms with Crippen LogP contribution in [0.3, 0.4) is 0 Å². The molecule has 0 N–H and O–H groups in total. The van der Waals surface area contributed by atoms with Crippen molar-refractivity contribution < 1.29 is 4.42 Å². The van der Waals surface area contributed by atoms with Crippen molar-refractivity contribution in [3.63, 3.8) is 0 Å². The van der Waals surface area contributed by atoms with E-state index in [2.05, 4.69) is 213 Å². The molecule has 1 nitrogen and oxygen atoms in total. The summed E-state index contributed by atoms with van der Waals surface area (Å²) in [6, 6.07) is 75.1. The van der Waals surface area contributed by atoms with Crippen LogP contribution >= 0.6 is 0 Å². The maximum Gasteiger partial charge on any atom is 0.135 e. The lowest BCUT2D eigenvalue weighted by Crippen LogP contribution is -1.98. The summed E-state index contributed by atoms with van der Waals surface area (Å²) in [7, 11) is 0. The molecule has 12 rings (SSSR count). The van der Waals surface area contributed by atoms with Crippen molar-refractivity contribution in [2.75, 3.05) is 0 Å². The smallest absolute Gasteiger partial charge is 0.135 e. The van der Waals surface area contributed by atoms with Gasteiger partial charge in [0.15, 0.2) is 0 Å². The molecule has 0 amide bonds. The van der Waals surface area contributed by atoms with Crippen LogP contribution in [0.4, 0.5) is 0 Å². The first kappa shape index (κ1) is 36.6. The summed E-state index contributed by atoms with van der Waals surface area (Å²) in [5.74, 6) is 0. The van der Waals surface area contributed by atoms with Crippen molar-refractivity contribution in [3.05, 3.63) is 248 Å². The Morgan fingerprint density at radius 3 is 1.75 bits per heavy atom. The fourth-order valence-electron chi connectivity index (χ4n) is 10.2. The summed E-state index contributed by atoms with van der Waals surface area (Å²) in [6.07, 6.45) is 8.25. The average molecular weight is 801 g/mol. The minimum absolute atomic E-state index is 0.900. The lowest BCUT2D eigenvalue weighted by atomic mass is 9.79. The molecule has 1 heteroatoms. The number of para-hydroxylation sites is 1. The molecule has 0 aliphatic heterocycles. The van der Waals surface area contributed by atoms with Crippen LogP contribution in [0.15, 0.2) is 242 Å². The van der Waals surface area contributed by atoms with Gasteiger partial charge >= 0.3 is 0 Å². The number of rotatable bonds is 8. The molecule has 63 heavy (non-hydrogen) atoms. The second-order valence-electron chi connectivity index (χ2n) is 16.3. The maximum atomic E-state index is 6.25. The minimum Gasteiger partial charge on any atom is -0.456 e. The second-order valence-corrected chi connectivity index (χ2v) is 16.3. The highest BCUT2D eigenvalue weighted by molar-refractivity contribution is 6.28. The van der Waals surface area contributed by atoms with Gasteiger partial charge in [0, 0.05) is 10.8 Å². The van der Waals surface area contributed by atoms with Crippen molar-refractivity contribution >= 4 is 49.1 Å². The zero-order valence-corrected chi connectivity index (χ0v) is 34.6. The van der Waals surface area contributed by atoms with Crippen LogP contribution in [0.1, 0.15) is 11.1 Å². The molecule has 294 valence electrons. The van der Waals surface area contributed by atoms with Crippen LogP contribution in [0, 0.1) is 0 Å². The van der Waals surface area contributed by atoms with Gasteiger partial charge < -0.3 is 4.42 Å². The number of hydrogen-bond acceptors (Lipinski definition) is 1. The van der Waals surface area contributed by atoms with Crippen LogP contribution in [0.5, 0.6) is 0 Å². The van der Waals surface area contributed by atoms with E-state index in [1.165, 1.54) is 93.9 Å². The molecule has 1 heterocycles. The standard InChI is InChI=1S/C62H40O/c1-2-3-6-26-45(41-22-9-5-10-23-41)59-51-30-15-16-31-52(51)60(49-29-14-12-24-43(49)40-20-7-4-8-21-40)61-53-33-19-32-50-47(36-37-54(58(50)53)62(59)61)46-27-13-11-25-44(46)42-35-38-57-55(39-42)48-28-17-18-34-56(48)63-57/h2-39H,1H2/b6-3-,45-26+. The third kappa shape index (κ3) is 5.86. The van der Waals surface area contributed by atoms with E-state index in [-0.39, 0.29) is 0 Å². The van der Waals surface area contributed by atoms with Gasteiger partial charge in [-0.1, -0.05) is 219 Å². The predicted molar refractivity (Wildman–Crippen MR) is 268 cm³/mol. The van der Waals surface area contributed by atoms with Gasteiger partial charge in [-0.15, -0.1) is 0 Å². The lowest BCUT2D eigenvalue weighted by Gasteiger charge is -2.23. The largest absolute Gasteiger partial charge is 0.456 e. The molecule has 0 fully saturated rings. The summed E-state index contributed by atoms with van der Waals surface area (Å²) in [4.78, 5) is 0. The van der Waals surface area contributed by atoms with E-state index in [0.717, 1.165) is 33.1 Å². The molecule has 0 unspecified atom stereocenters. The van der Waals surface area contributed by atoms with Gasteiger partial charge in [0.1, 0.15) is 11.2 Å². The number of hydrogen-bond donors (Lipinski definition) is 0. The van der Waals surface area contributed by atoms with Gasteiger partial charge in [-0.25, -0.2) is 0 Å². The lowest BCUT2D eigenvalue weighted by molar-refractivity contribution is 0.669. The summed E-state index contributed by atoms with van der Waals surface area (Å²) in [5.41, 5.74) is 20.0. The highest BCUT2D eigenvalue weighted by Gasteiger charge is 2.33. The Bertz CT molecular complexity index is 3670. The SMILES string of the molecule is C=C/C=C\C=C(/c1ccccc1)c1c2c(c(-c3ccccc3-c3ccccc3)c3ccccc13)-c1cccc3c(-c4ccccc4-c4ccc5oc6ccccc6c5c4)ccc-2c13. The highest BCUT2D eigenvalue weighted by atomic mass is 16.3. The molecule has 1 aliphatic rings. The minimum atomic E-state index is 0.900. The molecule has 0 radical (unpaired) electrons. The van der Waals surface area contributed by atoms with Crippen LogP contribution < -0.4 is 0 Å². The summed E-state index contributed by atoms with van der Waals surface area (Å²) in [6.45, 7) is 4.00. The second kappa shape index (κ2) is 15.0. The molecule has 0 spiro atoms. The van der Waals surface area contributed by atoms with Crippen molar-refractivity contribution in [2.24, 2.45) is 0 Å². The van der Waals surface area contributed by atoms with E-state index in [0.29, 0.717) is 0 Å². The average Bonchev–Trinajstić information content (AvgIpc) is 3.89. The van der Waals surface area contributed by atoms with Gasteiger partial charge in [0.05, 0.1) is 0 Å². The Hall–Kier alpha value is -8.26. The Morgan fingerprint density at radius 1 is 0.365 bits per heavy atom. The zero-order valence-electron chi connectivity index (χ0n) is 34.6. The predicted octanol–water partition coefficient (Wildman–Crippen LogP) is 17.4. The number of allylic oxidation sites excluding steroid dienone is 4. The van der Waals surface area contributed by atoms with Crippen LogP contribution in [-0.2, 0) is 0 Å². The quantitative estimate of drug-likeness (QED) is 0.140. The van der Waals surface area contributed by atoms with Crippen LogP contribution in [0.2, 0.25) is 0 Å². The fourth-order valence-corrected chi connectivity index (χ4v) is 10.2. The molecule has 10 aromatic carbocycles. The molecule has 1 aromatic heterocycles. The van der Waals surface area contributed by atoms with Gasteiger partial charge in [-0.05, 0) is 123 Å². The first-order chi connectivity index (χ1) is 31.3. The molecule has 1 aliphatic carbocycles. The fraction of sp³-hybridized carbons (Fsp3) is 0. The van der Waals surface area contributed by atoms with E-state index in [1.54, 1.807) is 0 Å². The Labute approximate surface area is 366 Å². The molecule has 0 bridgehead atoms. The van der Waals surface area contributed by atoms with Crippen molar-refractivity contribution in [3.8, 4) is 66.8 Å². The Morgan fingerprint density at radius 2 is 0.952 bits per heavy atom. The van der Waals surface area contributed by atoms with E-state index in [4.69, 9.17) is 4.42 Å².